The summed E-state index contributed by atoms with van der Waals surface area (Å²) in [5, 5.41) is 13.1. The molecule has 122 valence electrons. The van der Waals surface area contributed by atoms with Crippen LogP contribution in [0, 0.1) is 0 Å². The van der Waals surface area contributed by atoms with Gasteiger partial charge in [0.15, 0.2) is 0 Å². The average molecular weight is 297 g/mol. The standard InChI is InChI=1S/C17H31NO3/c1-3-4-5-6-7-8-11-20-14-16(19)13-18-15(2)17-10-9-12-21-17/h9-10,12,15-16,18-19H,3-8,11,13-14H2,1-2H3/t15-,16?/m1/s1. The third-order valence-electron chi connectivity index (χ3n) is 3.58. The molecule has 0 saturated heterocycles. The van der Waals surface area contributed by atoms with Gasteiger partial charge >= 0.3 is 0 Å². The number of nitrogens with one attached hydrogen (secondary N) is 1. The molecule has 4 heteroatoms. The summed E-state index contributed by atoms with van der Waals surface area (Å²) in [6.07, 6.45) is 8.74. The summed E-state index contributed by atoms with van der Waals surface area (Å²) in [7, 11) is 0. The fourth-order valence-electron chi connectivity index (χ4n) is 2.21. The number of unbranched alkanes of at least 4 members (excludes halogenated alkanes) is 5. The summed E-state index contributed by atoms with van der Waals surface area (Å²) in [6, 6.07) is 3.90. The molecular weight excluding hydrogens is 266 g/mol. The van der Waals surface area contributed by atoms with Crippen LogP contribution in [-0.4, -0.2) is 31.0 Å². The molecule has 0 spiro atoms. The Morgan fingerprint density at radius 1 is 1.24 bits per heavy atom. The van der Waals surface area contributed by atoms with Gasteiger partial charge in [0.25, 0.3) is 0 Å². The highest BCUT2D eigenvalue weighted by Gasteiger charge is 2.10. The second-order valence-corrected chi connectivity index (χ2v) is 5.64. The van der Waals surface area contributed by atoms with Crippen molar-refractivity contribution in [1.82, 2.24) is 5.32 Å². The predicted octanol–water partition coefficient (Wildman–Crippen LogP) is 3.67. The van der Waals surface area contributed by atoms with Crippen molar-refractivity contribution >= 4 is 0 Å². The Kier molecular flexibility index (Phi) is 10.2. The normalized spacial score (nSPS) is 14.2. The molecule has 0 aliphatic heterocycles. The summed E-state index contributed by atoms with van der Waals surface area (Å²) in [5.41, 5.74) is 0. The lowest BCUT2D eigenvalue weighted by molar-refractivity contribution is 0.0340. The third-order valence-corrected chi connectivity index (χ3v) is 3.58. The first-order chi connectivity index (χ1) is 10.2. The summed E-state index contributed by atoms with van der Waals surface area (Å²) in [4.78, 5) is 0. The first-order valence-electron chi connectivity index (χ1n) is 8.26. The van der Waals surface area contributed by atoms with E-state index in [1.807, 2.05) is 19.1 Å². The van der Waals surface area contributed by atoms with Gasteiger partial charge in [-0.05, 0) is 25.5 Å². The first-order valence-corrected chi connectivity index (χ1v) is 8.26. The van der Waals surface area contributed by atoms with Crippen LogP contribution in [0.2, 0.25) is 0 Å². The van der Waals surface area contributed by atoms with Crippen molar-refractivity contribution in [3.63, 3.8) is 0 Å². The van der Waals surface area contributed by atoms with Gasteiger partial charge in [0.2, 0.25) is 0 Å². The topological polar surface area (TPSA) is 54.6 Å². The molecule has 1 aromatic rings. The van der Waals surface area contributed by atoms with Crippen LogP contribution in [-0.2, 0) is 4.74 Å². The molecule has 21 heavy (non-hydrogen) atoms. The van der Waals surface area contributed by atoms with Crippen LogP contribution in [0.15, 0.2) is 22.8 Å². The molecular formula is C17H31NO3. The lowest BCUT2D eigenvalue weighted by atomic mass is 10.1. The van der Waals surface area contributed by atoms with Crippen molar-refractivity contribution < 1.29 is 14.3 Å². The average Bonchev–Trinajstić information content (AvgIpc) is 3.02. The van der Waals surface area contributed by atoms with E-state index in [0.29, 0.717) is 13.2 Å². The number of hydrogen-bond acceptors (Lipinski definition) is 4. The fourth-order valence-corrected chi connectivity index (χ4v) is 2.21. The minimum absolute atomic E-state index is 0.105. The zero-order valence-corrected chi connectivity index (χ0v) is 13.5. The molecule has 1 heterocycles. The Morgan fingerprint density at radius 3 is 2.71 bits per heavy atom. The van der Waals surface area contributed by atoms with Gasteiger partial charge in [-0.15, -0.1) is 0 Å². The van der Waals surface area contributed by atoms with Gasteiger partial charge in [0.1, 0.15) is 5.76 Å². The van der Waals surface area contributed by atoms with Gasteiger partial charge in [-0.1, -0.05) is 39.0 Å². The largest absolute Gasteiger partial charge is 0.468 e. The van der Waals surface area contributed by atoms with E-state index < -0.39 is 6.10 Å². The Hall–Kier alpha value is -0.840. The molecule has 0 aliphatic rings. The molecule has 0 radical (unpaired) electrons. The van der Waals surface area contributed by atoms with Crippen molar-refractivity contribution in [1.29, 1.82) is 0 Å². The molecule has 2 N–H and O–H groups in total. The van der Waals surface area contributed by atoms with Crippen LogP contribution in [0.5, 0.6) is 0 Å². The lowest BCUT2D eigenvalue weighted by Crippen LogP contribution is -2.32. The maximum absolute atomic E-state index is 9.85. The summed E-state index contributed by atoms with van der Waals surface area (Å²) in [5.74, 6) is 0.884. The summed E-state index contributed by atoms with van der Waals surface area (Å²) < 4.78 is 10.8. The molecule has 1 aromatic heterocycles. The van der Waals surface area contributed by atoms with Crippen LogP contribution in [0.1, 0.15) is 64.2 Å². The van der Waals surface area contributed by atoms with E-state index in [2.05, 4.69) is 12.2 Å². The van der Waals surface area contributed by atoms with Gasteiger partial charge in [-0.2, -0.15) is 0 Å². The zero-order valence-electron chi connectivity index (χ0n) is 13.5. The monoisotopic (exact) mass is 297 g/mol. The second kappa shape index (κ2) is 11.8. The second-order valence-electron chi connectivity index (χ2n) is 5.64. The quantitative estimate of drug-likeness (QED) is 0.545. The van der Waals surface area contributed by atoms with E-state index in [4.69, 9.17) is 9.15 Å². The van der Waals surface area contributed by atoms with Crippen LogP contribution < -0.4 is 5.32 Å². The summed E-state index contributed by atoms with van der Waals surface area (Å²) in [6.45, 7) is 5.90. The van der Waals surface area contributed by atoms with Gasteiger partial charge in [-0.25, -0.2) is 0 Å². The molecule has 0 saturated carbocycles. The minimum atomic E-state index is -0.470. The Balaban J connectivity index is 1.93. The van der Waals surface area contributed by atoms with Gasteiger partial charge in [-0.3, -0.25) is 0 Å². The number of aliphatic hydroxyl groups is 1. The number of hydrogen-bond donors (Lipinski definition) is 2. The Morgan fingerprint density at radius 2 is 2.00 bits per heavy atom. The first kappa shape index (κ1) is 18.2. The van der Waals surface area contributed by atoms with Crippen molar-refractivity contribution in [2.24, 2.45) is 0 Å². The SMILES string of the molecule is CCCCCCCCOCC(O)CN[C@H](C)c1ccco1. The van der Waals surface area contributed by atoms with Gasteiger partial charge in [0.05, 0.1) is 25.0 Å². The molecule has 1 rings (SSSR count). The molecule has 2 atom stereocenters. The van der Waals surface area contributed by atoms with Crippen LogP contribution in [0.25, 0.3) is 0 Å². The van der Waals surface area contributed by atoms with Crippen molar-refractivity contribution in [3.8, 4) is 0 Å². The van der Waals surface area contributed by atoms with E-state index >= 15 is 0 Å². The summed E-state index contributed by atoms with van der Waals surface area (Å²) >= 11 is 0. The number of furan rings is 1. The lowest BCUT2D eigenvalue weighted by Gasteiger charge is -2.15. The van der Waals surface area contributed by atoms with Crippen LogP contribution in [0.3, 0.4) is 0 Å². The molecule has 4 nitrogen and oxygen atoms in total. The number of rotatable bonds is 13. The molecule has 0 bridgehead atoms. The highest BCUT2D eigenvalue weighted by Crippen LogP contribution is 2.11. The molecule has 1 unspecified atom stereocenters. The molecule has 0 aromatic carbocycles. The number of ether oxygens (including phenoxy) is 1. The maximum Gasteiger partial charge on any atom is 0.120 e. The van der Waals surface area contributed by atoms with Gasteiger partial charge in [0, 0.05) is 13.2 Å². The molecule has 0 amide bonds. The fraction of sp³-hybridized carbons (Fsp3) is 0.765. The van der Waals surface area contributed by atoms with E-state index in [9.17, 15) is 5.11 Å². The number of aliphatic hydroxyl groups excluding tert-OH is 1. The van der Waals surface area contributed by atoms with Crippen molar-refractivity contribution in [2.45, 2.75) is 64.5 Å². The Bertz CT molecular complexity index is 327. The third kappa shape index (κ3) is 8.91. The highest BCUT2D eigenvalue weighted by molar-refractivity contribution is 5.02. The van der Waals surface area contributed by atoms with E-state index in [1.165, 1.54) is 32.1 Å². The van der Waals surface area contributed by atoms with Crippen molar-refractivity contribution in [2.75, 3.05) is 19.8 Å². The molecule has 0 aliphatic carbocycles. The van der Waals surface area contributed by atoms with E-state index in [0.717, 1.165) is 18.8 Å². The van der Waals surface area contributed by atoms with E-state index in [-0.39, 0.29) is 6.04 Å². The van der Waals surface area contributed by atoms with Crippen LogP contribution in [0.4, 0.5) is 0 Å². The highest BCUT2D eigenvalue weighted by atomic mass is 16.5. The zero-order chi connectivity index (χ0) is 15.3. The molecule has 0 fully saturated rings. The maximum atomic E-state index is 9.85. The predicted molar refractivity (Wildman–Crippen MR) is 85.3 cm³/mol. The van der Waals surface area contributed by atoms with Crippen LogP contribution >= 0.6 is 0 Å². The minimum Gasteiger partial charge on any atom is -0.468 e. The van der Waals surface area contributed by atoms with Gasteiger partial charge < -0.3 is 19.6 Å². The van der Waals surface area contributed by atoms with E-state index in [1.54, 1.807) is 6.26 Å². The van der Waals surface area contributed by atoms with Crippen molar-refractivity contribution in [3.05, 3.63) is 24.2 Å². The Labute approximate surface area is 128 Å². The smallest absolute Gasteiger partial charge is 0.120 e.